The lowest BCUT2D eigenvalue weighted by Gasteiger charge is -2.38. The Hall–Kier alpha value is 0.310. The fourth-order valence-corrected chi connectivity index (χ4v) is 3.93. The maximum absolute atomic E-state index is 10.2. The summed E-state index contributed by atoms with van der Waals surface area (Å²) >= 11 is 0. The molecule has 4 heteroatoms. The van der Waals surface area contributed by atoms with E-state index in [-0.39, 0.29) is 0 Å². The second kappa shape index (κ2) is 5.41. The van der Waals surface area contributed by atoms with Crippen molar-refractivity contribution in [2.75, 3.05) is 26.2 Å². The van der Waals surface area contributed by atoms with Gasteiger partial charge >= 0.3 is 0 Å². The largest absolute Gasteiger partial charge is 0.347 e. The second-order valence-electron chi connectivity index (χ2n) is 4.30. The van der Waals surface area contributed by atoms with Gasteiger partial charge in [-0.15, -0.1) is 0 Å². The van der Waals surface area contributed by atoms with Crippen molar-refractivity contribution in [2.45, 2.75) is 38.5 Å². The zero-order chi connectivity index (χ0) is 9.80. The molecular weight excluding hydrogens is 195 g/mol. The van der Waals surface area contributed by atoms with Crippen LogP contribution in [0.1, 0.15) is 38.5 Å². The molecule has 3 nitrogen and oxygen atoms in total. The van der Waals surface area contributed by atoms with Gasteiger partial charge in [0.05, 0.1) is 0 Å². The van der Waals surface area contributed by atoms with Crippen molar-refractivity contribution in [3.63, 3.8) is 0 Å². The molecule has 2 heterocycles. The number of piperidine rings is 2. The number of rotatable bonds is 2. The molecule has 14 heavy (non-hydrogen) atoms. The van der Waals surface area contributed by atoms with E-state index < -0.39 is 8.45 Å². The highest BCUT2D eigenvalue weighted by Gasteiger charge is 2.26. The Balaban J connectivity index is 1.82. The van der Waals surface area contributed by atoms with E-state index in [0.717, 1.165) is 26.2 Å². The van der Waals surface area contributed by atoms with Crippen LogP contribution in [0.3, 0.4) is 0 Å². The van der Waals surface area contributed by atoms with Gasteiger partial charge in [0.15, 0.2) is 8.45 Å². The lowest BCUT2D eigenvalue weighted by Crippen LogP contribution is -2.34. The Morgan fingerprint density at radius 3 is 1.36 bits per heavy atom. The summed E-state index contributed by atoms with van der Waals surface area (Å²) in [5.41, 5.74) is 0. The molecule has 2 aliphatic rings. The van der Waals surface area contributed by atoms with Crippen molar-refractivity contribution in [2.24, 2.45) is 0 Å². The maximum atomic E-state index is 10.2. The highest BCUT2D eigenvalue weighted by atomic mass is 31.2. The van der Waals surface area contributed by atoms with E-state index in [1.165, 1.54) is 38.5 Å². The van der Waals surface area contributed by atoms with Gasteiger partial charge in [-0.2, -0.15) is 0 Å². The van der Waals surface area contributed by atoms with Crippen LogP contribution in [0.15, 0.2) is 0 Å². The van der Waals surface area contributed by atoms with E-state index in [1.54, 1.807) is 0 Å². The lowest BCUT2D eigenvalue weighted by atomic mass is 10.2. The highest BCUT2D eigenvalue weighted by Crippen LogP contribution is 2.42. The molecule has 0 atom stereocenters. The minimum atomic E-state index is -0.950. The van der Waals surface area contributed by atoms with Crippen LogP contribution in [0.2, 0.25) is 0 Å². The zero-order valence-corrected chi connectivity index (χ0v) is 9.75. The molecule has 0 saturated carbocycles. The number of hydrogen-bond donors (Lipinski definition) is 1. The average molecular weight is 216 g/mol. The molecule has 2 fully saturated rings. The van der Waals surface area contributed by atoms with Crippen molar-refractivity contribution in [1.82, 2.24) is 9.34 Å². The third-order valence-electron chi connectivity index (χ3n) is 3.17. The minimum Gasteiger partial charge on any atom is -0.347 e. The van der Waals surface area contributed by atoms with Crippen molar-refractivity contribution in [3.05, 3.63) is 0 Å². The van der Waals surface area contributed by atoms with Gasteiger partial charge in [-0.05, 0) is 25.7 Å². The summed E-state index contributed by atoms with van der Waals surface area (Å²) in [6.07, 6.45) is 7.78. The number of hydrogen-bond acceptors (Lipinski definition) is 3. The van der Waals surface area contributed by atoms with Gasteiger partial charge in [0.25, 0.3) is 0 Å². The monoisotopic (exact) mass is 216 g/mol. The molecule has 0 aromatic rings. The van der Waals surface area contributed by atoms with Gasteiger partial charge in [-0.25, -0.2) is 9.34 Å². The molecular formula is C10H21N2OP. The van der Waals surface area contributed by atoms with E-state index >= 15 is 0 Å². The first kappa shape index (κ1) is 10.8. The van der Waals surface area contributed by atoms with E-state index in [1.807, 2.05) is 0 Å². The molecule has 82 valence electrons. The Morgan fingerprint density at radius 1 is 0.643 bits per heavy atom. The fraction of sp³-hybridized carbons (Fsp3) is 1.00. The normalized spacial score (nSPS) is 27.0. The van der Waals surface area contributed by atoms with Gasteiger partial charge in [-0.1, -0.05) is 12.8 Å². The summed E-state index contributed by atoms with van der Waals surface area (Å²) in [4.78, 5) is 10.2. The van der Waals surface area contributed by atoms with Gasteiger partial charge in [0, 0.05) is 26.2 Å². The Bertz CT molecular complexity index is 150. The van der Waals surface area contributed by atoms with E-state index in [4.69, 9.17) is 0 Å². The van der Waals surface area contributed by atoms with Crippen LogP contribution >= 0.6 is 8.45 Å². The van der Waals surface area contributed by atoms with E-state index in [0.29, 0.717) is 0 Å². The van der Waals surface area contributed by atoms with Crippen molar-refractivity contribution < 1.29 is 4.89 Å². The van der Waals surface area contributed by atoms with Crippen LogP contribution in [0.4, 0.5) is 0 Å². The van der Waals surface area contributed by atoms with Gasteiger partial charge in [0.1, 0.15) is 0 Å². The Labute approximate surface area is 88.0 Å². The minimum absolute atomic E-state index is 0.950. The van der Waals surface area contributed by atoms with Crippen LogP contribution in [0, 0.1) is 0 Å². The van der Waals surface area contributed by atoms with Crippen LogP contribution in [-0.4, -0.2) is 40.4 Å². The SMILES string of the molecule is OP(N1CCCCC1)N1CCCCC1. The molecule has 0 aromatic heterocycles. The first-order valence-corrected chi connectivity index (χ1v) is 7.06. The predicted octanol–water partition coefficient (Wildman–Crippen LogP) is 2.18. The fourth-order valence-electron chi connectivity index (χ4n) is 2.29. The average Bonchev–Trinajstić information content (AvgIpc) is 2.30. The molecule has 0 radical (unpaired) electrons. The van der Waals surface area contributed by atoms with Gasteiger partial charge < -0.3 is 4.89 Å². The summed E-state index contributed by atoms with van der Waals surface area (Å²) in [7, 11) is -0.950. The topological polar surface area (TPSA) is 26.7 Å². The molecule has 0 aliphatic carbocycles. The Kier molecular flexibility index (Phi) is 4.18. The zero-order valence-electron chi connectivity index (χ0n) is 8.86. The van der Waals surface area contributed by atoms with Crippen LogP contribution in [-0.2, 0) is 0 Å². The molecule has 0 amide bonds. The smallest absolute Gasteiger partial charge is 0.185 e. The predicted molar refractivity (Wildman–Crippen MR) is 60.0 cm³/mol. The summed E-state index contributed by atoms with van der Waals surface area (Å²) in [5, 5.41) is 0. The quantitative estimate of drug-likeness (QED) is 0.717. The molecule has 2 rings (SSSR count). The van der Waals surface area contributed by atoms with Gasteiger partial charge in [0.2, 0.25) is 0 Å². The first-order valence-electron chi connectivity index (χ1n) is 5.86. The molecule has 0 unspecified atom stereocenters. The summed E-state index contributed by atoms with van der Waals surface area (Å²) in [5.74, 6) is 0. The maximum Gasteiger partial charge on any atom is 0.185 e. The summed E-state index contributed by atoms with van der Waals surface area (Å²) in [6.45, 7) is 4.44. The lowest BCUT2D eigenvalue weighted by molar-refractivity contribution is 0.273. The van der Waals surface area contributed by atoms with Crippen LogP contribution < -0.4 is 0 Å². The van der Waals surface area contributed by atoms with E-state index in [9.17, 15) is 4.89 Å². The first-order chi connectivity index (χ1) is 6.88. The number of nitrogens with zero attached hydrogens (tertiary/aromatic N) is 2. The van der Waals surface area contributed by atoms with Crippen molar-refractivity contribution in [3.8, 4) is 0 Å². The second-order valence-corrected chi connectivity index (χ2v) is 5.97. The summed E-state index contributed by atoms with van der Waals surface area (Å²) in [6, 6.07) is 0. The molecule has 2 saturated heterocycles. The van der Waals surface area contributed by atoms with Crippen molar-refractivity contribution >= 4 is 8.45 Å². The van der Waals surface area contributed by atoms with Crippen LogP contribution in [0.25, 0.3) is 0 Å². The molecule has 0 spiro atoms. The van der Waals surface area contributed by atoms with Crippen LogP contribution in [0.5, 0.6) is 0 Å². The molecule has 2 aliphatic heterocycles. The standard InChI is InChI=1S/C10H21N2OP/c13-14(11-7-3-1-4-8-11)12-9-5-2-6-10-12/h13H,1-10H2. The van der Waals surface area contributed by atoms with Crippen molar-refractivity contribution in [1.29, 1.82) is 0 Å². The third-order valence-corrected chi connectivity index (χ3v) is 4.98. The van der Waals surface area contributed by atoms with Gasteiger partial charge in [-0.3, -0.25) is 0 Å². The molecule has 0 bridgehead atoms. The summed E-state index contributed by atoms with van der Waals surface area (Å²) < 4.78 is 4.59. The third kappa shape index (κ3) is 2.66. The molecule has 0 aromatic carbocycles. The molecule has 1 N–H and O–H groups in total. The Morgan fingerprint density at radius 2 is 1.00 bits per heavy atom. The highest BCUT2D eigenvalue weighted by molar-refractivity contribution is 7.46. The van der Waals surface area contributed by atoms with E-state index in [2.05, 4.69) is 9.34 Å².